The predicted molar refractivity (Wildman–Crippen MR) is 89.4 cm³/mol. The zero-order valence-corrected chi connectivity index (χ0v) is 14.5. The van der Waals surface area contributed by atoms with E-state index >= 15 is 0 Å². The summed E-state index contributed by atoms with van der Waals surface area (Å²) in [6.45, 7) is 1.22. The first-order chi connectivity index (χ1) is 12.3. The molecule has 1 fully saturated rings. The molecular weight excluding hydrogens is 342 g/mol. The average Bonchev–Trinajstić information content (AvgIpc) is 3.13. The van der Waals surface area contributed by atoms with Crippen LogP contribution in [-0.4, -0.2) is 54.2 Å². The van der Waals surface area contributed by atoms with E-state index in [9.17, 15) is 19.2 Å². The Labute approximate surface area is 149 Å². The lowest BCUT2D eigenvalue weighted by atomic mass is 9.91. The number of carbonyl (C=O) groups excluding carboxylic acids is 4. The van der Waals surface area contributed by atoms with Gasteiger partial charge >= 0.3 is 5.97 Å². The first kappa shape index (κ1) is 17.6. The van der Waals surface area contributed by atoms with Crippen molar-refractivity contribution < 1.29 is 28.7 Å². The van der Waals surface area contributed by atoms with Crippen molar-refractivity contribution >= 4 is 35.1 Å². The van der Waals surface area contributed by atoms with Crippen LogP contribution in [0.4, 0.5) is 5.69 Å². The van der Waals surface area contributed by atoms with Crippen LogP contribution < -0.4 is 9.64 Å². The van der Waals surface area contributed by atoms with Crippen LogP contribution in [0.15, 0.2) is 29.4 Å². The molecule has 1 atom stereocenters. The number of amides is 3. The van der Waals surface area contributed by atoms with Crippen molar-refractivity contribution in [2.45, 2.75) is 25.3 Å². The number of anilines is 1. The number of hydrogen-bond donors (Lipinski definition) is 0. The Morgan fingerprint density at radius 3 is 2.54 bits per heavy atom. The smallest absolute Gasteiger partial charge is 0.354 e. The topological polar surface area (TPSA) is 106 Å². The number of hydrazone groups is 1. The van der Waals surface area contributed by atoms with Crippen LogP contribution in [0.1, 0.15) is 19.8 Å². The van der Waals surface area contributed by atoms with E-state index in [-0.39, 0.29) is 18.6 Å². The van der Waals surface area contributed by atoms with Crippen LogP contribution in [0.2, 0.25) is 0 Å². The van der Waals surface area contributed by atoms with Crippen molar-refractivity contribution in [1.29, 1.82) is 0 Å². The van der Waals surface area contributed by atoms with Gasteiger partial charge in [0.05, 0.1) is 26.3 Å². The molecule has 1 saturated heterocycles. The summed E-state index contributed by atoms with van der Waals surface area (Å²) in [4.78, 5) is 50.6. The van der Waals surface area contributed by atoms with Gasteiger partial charge in [0.25, 0.3) is 5.91 Å². The third kappa shape index (κ3) is 2.52. The summed E-state index contributed by atoms with van der Waals surface area (Å²) in [5, 5.41) is 4.86. The van der Waals surface area contributed by atoms with Gasteiger partial charge in [-0.05, 0) is 12.1 Å². The number of esters is 1. The molecule has 2 aliphatic rings. The molecule has 0 aliphatic carbocycles. The minimum Gasteiger partial charge on any atom is -0.497 e. The summed E-state index contributed by atoms with van der Waals surface area (Å²) in [6, 6.07) is 6.46. The van der Waals surface area contributed by atoms with Crippen molar-refractivity contribution in [1.82, 2.24) is 5.01 Å². The second kappa shape index (κ2) is 6.25. The van der Waals surface area contributed by atoms with Gasteiger partial charge in [-0.1, -0.05) is 6.07 Å². The zero-order valence-electron chi connectivity index (χ0n) is 14.5. The SMILES string of the molecule is COC(=O)C1=NN(C(C)=O)[C@@]2(CC(=O)N(c3cccc(OC)c3)C2=O)C1. The lowest BCUT2D eigenvalue weighted by Gasteiger charge is -2.28. The highest BCUT2D eigenvalue weighted by Crippen LogP contribution is 2.41. The second-order valence-electron chi connectivity index (χ2n) is 5.99. The quantitative estimate of drug-likeness (QED) is 0.574. The summed E-state index contributed by atoms with van der Waals surface area (Å²) in [5.74, 6) is -1.92. The molecule has 0 radical (unpaired) electrons. The first-order valence-corrected chi connectivity index (χ1v) is 7.82. The van der Waals surface area contributed by atoms with E-state index in [1.807, 2.05) is 0 Å². The fourth-order valence-electron chi connectivity index (χ4n) is 3.25. The Morgan fingerprint density at radius 1 is 1.19 bits per heavy atom. The van der Waals surface area contributed by atoms with Gasteiger partial charge in [0.1, 0.15) is 11.5 Å². The van der Waals surface area contributed by atoms with Crippen LogP contribution in [0.25, 0.3) is 0 Å². The number of benzene rings is 1. The predicted octanol–water partition coefficient (Wildman–Crippen LogP) is 0.478. The highest BCUT2D eigenvalue weighted by molar-refractivity contribution is 6.39. The molecule has 3 amide bonds. The number of nitrogens with zero attached hydrogens (tertiary/aromatic N) is 3. The molecule has 0 N–H and O–H groups in total. The Bertz CT molecular complexity index is 849. The van der Waals surface area contributed by atoms with Gasteiger partial charge in [-0.2, -0.15) is 5.10 Å². The molecule has 0 unspecified atom stereocenters. The molecule has 0 aromatic heterocycles. The first-order valence-electron chi connectivity index (χ1n) is 7.82. The number of ether oxygens (including phenoxy) is 2. The van der Waals surface area contributed by atoms with Gasteiger partial charge in [-0.25, -0.2) is 14.7 Å². The lowest BCUT2D eigenvalue weighted by molar-refractivity contribution is -0.141. The lowest BCUT2D eigenvalue weighted by Crippen LogP contribution is -2.51. The van der Waals surface area contributed by atoms with Crippen LogP contribution in [0.5, 0.6) is 5.75 Å². The normalized spacial score (nSPS) is 22.0. The summed E-state index contributed by atoms with van der Waals surface area (Å²) < 4.78 is 9.76. The second-order valence-corrected chi connectivity index (χ2v) is 5.99. The van der Waals surface area contributed by atoms with E-state index in [0.29, 0.717) is 11.4 Å². The van der Waals surface area contributed by atoms with Crippen molar-refractivity contribution in [3.05, 3.63) is 24.3 Å². The van der Waals surface area contributed by atoms with Gasteiger partial charge in [-0.15, -0.1) is 0 Å². The van der Waals surface area contributed by atoms with Crippen molar-refractivity contribution in [3.63, 3.8) is 0 Å². The molecule has 9 nitrogen and oxygen atoms in total. The van der Waals surface area contributed by atoms with E-state index in [1.165, 1.54) is 21.1 Å². The molecule has 1 aromatic rings. The summed E-state index contributed by atoms with van der Waals surface area (Å²) >= 11 is 0. The third-order valence-electron chi connectivity index (χ3n) is 4.41. The molecular formula is C17H17N3O6. The maximum Gasteiger partial charge on any atom is 0.354 e. The van der Waals surface area contributed by atoms with E-state index in [4.69, 9.17) is 4.74 Å². The number of methoxy groups -OCH3 is 2. The highest BCUT2D eigenvalue weighted by Gasteiger charge is 2.61. The molecule has 2 heterocycles. The largest absolute Gasteiger partial charge is 0.497 e. The molecule has 9 heteroatoms. The fraction of sp³-hybridized carbons (Fsp3) is 0.353. The Hall–Kier alpha value is -3.23. The third-order valence-corrected chi connectivity index (χ3v) is 4.41. The minimum absolute atomic E-state index is 0.0728. The van der Waals surface area contributed by atoms with E-state index < -0.39 is 29.2 Å². The van der Waals surface area contributed by atoms with Crippen molar-refractivity contribution in [3.8, 4) is 5.75 Å². The summed E-state index contributed by atoms with van der Waals surface area (Å²) in [6.07, 6.45) is -0.448. The maximum absolute atomic E-state index is 13.2. The average molecular weight is 359 g/mol. The van der Waals surface area contributed by atoms with Crippen LogP contribution in [0.3, 0.4) is 0 Å². The van der Waals surface area contributed by atoms with Gasteiger partial charge in [0.2, 0.25) is 11.8 Å². The van der Waals surface area contributed by atoms with Crippen LogP contribution in [-0.2, 0) is 23.9 Å². The number of carbonyl (C=O) groups is 4. The van der Waals surface area contributed by atoms with Crippen molar-refractivity contribution in [2.75, 3.05) is 19.1 Å². The molecule has 1 spiro atoms. The van der Waals surface area contributed by atoms with E-state index in [1.54, 1.807) is 24.3 Å². The molecule has 136 valence electrons. The van der Waals surface area contributed by atoms with E-state index in [2.05, 4.69) is 9.84 Å². The molecule has 26 heavy (non-hydrogen) atoms. The maximum atomic E-state index is 13.2. The van der Waals surface area contributed by atoms with Crippen LogP contribution in [0, 0.1) is 0 Å². The van der Waals surface area contributed by atoms with Crippen molar-refractivity contribution in [2.24, 2.45) is 5.10 Å². The number of hydrogen-bond acceptors (Lipinski definition) is 7. The van der Waals surface area contributed by atoms with Gasteiger partial charge in [0.15, 0.2) is 5.54 Å². The fourth-order valence-corrected chi connectivity index (χ4v) is 3.25. The molecule has 2 aliphatic heterocycles. The van der Waals surface area contributed by atoms with Gasteiger partial charge in [0, 0.05) is 19.4 Å². The van der Waals surface area contributed by atoms with Crippen LogP contribution >= 0.6 is 0 Å². The van der Waals surface area contributed by atoms with Gasteiger partial charge in [-0.3, -0.25) is 14.4 Å². The van der Waals surface area contributed by atoms with E-state index in [0.717, 1.165) is 9.91 Å². The summed E-state index contributed by atoms with van der Waals surface area (Å²) in [5.41, 5.74) is -1.29. The molecule has 3 rings (SSSR count). The van der Waals surface area contributed by atoms with Gasteiger partial charge < -0.3 is 9.47 Å². The number of rotatable bonds is 3. The standard InChI is InChI=1S/C17H17N3O6/c1-10(21)20-17(8-13(18-20)15(23)26-3)9-14(22)19(16(17)24)11-5-4-6-12(7-11)25-2/h4-7H,8-9H2,1-3H3/t17-/m1/s1. The Kier molecular flexibility index (Phi) is 4.23. The summed E-state index contributed by atoms with van der Waals surface area (Å²) in [7, 11) is 2.65. The number of imide groups is 1. The molecule has 0 saturated carbocycles. The molecule has 0 bridgehead atoms. The zero-order chi connectivity index (χ0) is 19.1. The monoisotopic (exact) mass is 359 g/mol. The minimum atomic E-state index is -1.55. The highest BCUT2D eigenvalue weighted by atomic mass is 16.5. The Morgan fingerprint density at radius 2 is 1.92 bits per heavy atom. The molecule has 1 aromatic carbocycles. The Balaban J connectivity index is 2.01.